The van der Waals surface area contributed by atoms with Crippen LogP contribution < -0.4 is 10.2 Å². The summed E-state index contributed by atoms with van der Waals surface area (Å²) in [4.78, 5) is 26.0. The zero-order valence-electron chi connectivity index (χ0n) is 18.2. The normalized spacial score (nSPS) is 14.8. The fraction of sp³-hybridized carbons (Fsp3) is 0.429. The summed E-state index contributed by atoms with van der Waals surface area (Å²) in [5.41, 5.74) is 4.00. The first-order valence-corrected chi connectivity index (χ1v) is 10.3. The number of guanidine groups is 1. The van der Waals surface area contributed by atoms with Gasteiger partial charge in [0.1, 0.15) is 12.2 Å². The number of halogens is 1. The molecule has 166 valence electrons. The van der Waals surface area contributed by atoms with Crippen LogP contribution in [0.3, 0.4) is 0 Å². The van der Waals surface area contributed by atoms with Crippen LogP contribution in [0.15, 0.2) is 41.9 Å². The Bertz CT molecular complexity index is 1070. The van der Waals surface area contributed by atoms with Crippen molar-refractivity contribution >= 4 is 47.2 Å². The number of carbonyl (C=O) groups is 1. The van der Waals surface area contributed by atoms with Crippen LogP contribution in [0.2, 0.25) is 0 Å². The summed E-state index contributed by atoms with van der Waals surface area (Å²) in [5, 5.41) is 7.48. The molecule has 4 rings (SSSR count). The molecular weight excluding hydrogens is 507 g/mol. The molecule has 1 amide bonds. The van der Waals surface area contributed by atoms with Crippen LogP contribution in [0.5, 0.6) is 0 Å². The SMILES string of the molecule is CCNC(=NCCc1cn2cccc(C)c2n1)N1CCN(c2cnn(C)c2)C(=O)C1.I. The van der Waals surface area contributed by atoms with Gasteiger partial charge in [0, 0.05) is 58.2 Å². The van der Waals surface area contributed by atoms with Crippen molar-refractivity contribution in [2.45, 2.75) is 20.3 Å². The van der Waals surface area contributed by atoms with Crippen molar-refractivity contribution in [3.8, 4) is 0 Å². The monoisotopic (exact) mass is 536 g/mol. The van der Waals surface area contributed by atoms with Crippen LogP contribution in [0.25, 0.3) is 5.65 Å². The molecule has 0 aromatic carbocycles. The van der Waals surface area contributed by atoms with Crippen molar-refractivity contribution in [2.24, 2.45) is 12.0 Å². The zero-order chi connectivity index (χ0) is 21.1. The molecular formula is C21H29IN8O. The number of nitrogens with zero attached hydrogens (tertiary/aromatic N) is 7. The maximum absolute atomic E-state index is 12.7. The van der Waals surface area contributed by atoms with E-state index in [9.17, 15) is 4.79 Å². The first-order chi connectivity index (χ1) is 14.5. The fourth-order valence-electron chi connectivity index (χ4n) is 3.70. The minimum absolute atomic E-state index is 0. The smallest absolute Gasteiger partial charge is 0.246 e. The van der Waals surface area contributed by atoms with Gasteiger partial charge in [-0.05, 0) is 25.5 Å². The molecule has 3 aromatic rings. The maximum Gasteiger partial charge on any atom is 0.246 e. The number of rotatable bonds is 5. The molecule has 1 N–H and O–H groups in total. The van der Waals surface area contributed by atoms with E-state index >= 15 is 0 Å². The topological polar surface area (TPSA) is 83.1 Å². The molecule has 0 radical (unpaired) electrons. The maximum atomic E-state index is 12.7. The Labute approximate surface area is 199 Å². The molecule has 10 heteroatoms. The van der Waals surface area contributed by atoms with Crippen LogP contribution in [0, 0.1) is 6.92 Å². The van der Waals surface area contributed by atoms with E-state index in [1.54, 1.807) is 15.8 Å². The average Bonchev–Trinajstić information content (AvgIpc) is 3.34. The van der Waals surface area contributed by atoms with Crippen molar-refractivity contribution in [2.75, 3.05) is 37.6 Å². The van der Waals surface area contributed by atoms with Crippen molar-refractivity contribution in [3.05, 3.63) is 48.2 Å². The number of hydrogen-bond donors (Lipinski definition) is 1. The largest absolute Gasteiger partial charge is 0.357 e. The Morgan fingerprint density at radius 1 is 1.29 bits per heavy atom. The third-order valence-electron chi connectivity index (χ3n) is 5.22. The molecule has 0 spiro atoms. The Balaban J connectivity index is 0.00000272. The molecule has 4 heterocycles. The first-order valence-electron chi connectivity index (χ1n) is 10.3. The first kappa shape index (κ1) is 23.0. The van der Waals surface area contributed by atoms with Gasteiger partial charge in [-0.2, -0.15) is 5.10 Å². The standard InChI is InChI=1S/C21H28N8O.HI/c1-4-22-21(23-8-7-17-13-27-9-5-6-16(2)20(27)25-17)28-10-11-29(19(30)15-28)18-12-24-26(3)14-18;/h5-6,9,12-14H,4,7-8,10-11,15H2,1-3H3,(H,22,23);1H. The van der Waals surface area contributed by atoms with Gasteiger partial charge < -0.3 is 19.5 Å². The highest BCUT2D eigenvalue weighted by Gasteiger charge is 2.27. The minimum atomic E-state index is 0. The number of aromatic nitrogens is 4. The predicted octanol–water partition coefficient (Wildman–Crippen LogP) is 1.85. The molecule has 1 fully saturated rings. The van der Waals surface area contributed by atoms with Gasteiger partial charge in [0.2, 0.25) is 5.91 Å². The van der Waals surface area contributed by atoms with E-state index in [2.05, 4.69) is 34.0 Å². The van der Waals surface area contributed by atoms with Crippen molar-refractivity contribution < 1.29 is 4.79 Å². The number of piperazine rings is 1. The second kappa shape index (κ2) is 10.1. The number of carbonyl (C=O) groups excluding carboxylic acids is 1. The third kappa shape index (κ3) is 5.17. The number of fused-ring (bicyclic) bond motifs is 1. The highest BCUT2D eigenvalue weighted by molar-refractivity contribution is 14.0. The van der Waals surface area contributed by atoms with Gasteiger partial charge in [-0.25, -0.2) is 4.98 Å². The fourth-order valence-corrected chi connectivity index (χ4v) is 3.70. The number of imidazole rings is 1. The lowest BCUT2D eigenvalue weighted by atomic mass is 10.3. The summed E-state index contributed by atoms with van der Waals surface area (Å²) in [7, 11) is 1.85. The van der Waals surface area contributed by atoms with Gasteiger partial charge in [0.25, 0.3) is 0 Å². The van der Waals surface area contributed by atoms with E-state index in [1.807, 2.05) is 37.3 Å². The van der Waals surface area contributed by atoms with E-state index in [4.69, 9.17) is 9.98 Å². The summed E-state index contributed by atoms with van der Waals surface area (Å²) >= 11 is 0. The number of pyridine rings is 1. The molecule has 0 unspecified atom stereocenters. The molecule has 3 aromatic heterocycles. The molecule has 1 aliphatic rings. The molecule has 0 aliphatic carbocycles. The number of aliphatic imine (C=N–C) groups is 1. The van der Waals surface area contributed by atoms with Gasteiger partial charge in [-0.15, -0.1) is 24.0 Å². The summed E-state index contributed by atoms with van der Waals surface area (Å²) in [5.74, 6) is 0.826. The summed E-state index contributed by atoms with van der Waals surface area (Å²) < 4.78 is 3.76. The average molecular weight is 536 g/mol. The quantitative estimate of drug-likeness (QED) is 0.306. The number of aryl methyl sites for hydroxylation is 2. The Hall–Kier alpha value is -2.63. The second-order valence-corrected chi connectivity index (χ2v) is 7.48. The van der Waals surface area contributed by atoms with E-state index in [1.165, 1.54) is 0 Å². The van der Waals surface area contributed by atoms with Crippen LogP contribution in [-0.2, 0) is 18.3 Å². The molecule has 9 nitrogen and oxygen atoms in total. The number of nitrogens with one attached hydrogen (secondary N) is 1. The number of amides is 1. The lowest BCUT2D eigenvalue weighted by Gasteiger charge is -2.35. The predicted molar refractivity (Wildman–Crippen MR) is 132 cm³/mol. The van der Waals surface area contributed by atoms with Crippen LogP contribution >= 0.6 is 24.0 Å². The Morgan fingerprint density at radius 3 is 2.81 bits per heavy atom. The highest BCUT2D eigenvalue weighted by Crippen LogP contribution is 2.16. The minimum Gasteiger partial charge on any atom is -0.357 e. The van der Waals surface area contributed by atoms with Crippen LogP contribution in [0.1, 0.15) is 18.2 Å². The second-order valence-electron chi connectivity index (χ2n) is 7.48. The molecule has 0 bridgehead atoms. The molecule has 0 saturated carbocycles. The zero-order valence-corrected chi connectivity index (χ0v) is 20.5. The van der Waals surface area contributed by atoms with Crippen molar-refractivity contribution in [1.29, 1.82) is 0 Å². The summed E-state index contributed by atoms with van der Waals surface area (Å²) in [6, 6.07) is 4.09. The number of hydrogen-bond acceptors (Lipinski definition) is 4. The summed E-state index contributed by atoms with van der Waals surface area (Å²) in [6.45, 7) is 7.10. The Kier molecular flexibility index (Phi) is 7.52. The highest BCUT2D eigenvalue weighted by atomic mass is 127. The van der Waals surface area contributed by atoms with E-state index in [0.717, 1.165) is 48.1 Å². The van der Waals surface area contributed by atoms with Gasteiger partial charge in [-0.1, -0.05) is 6.07 Å². The molecule has 31 heavy (non-hydrogen) atoms. The van der Waals surface area contributed by atoms with Gasteiger partial charge in [0.05, 0.1) is 17.6 Å². The summed E-state index contributed by atoms with van der Waals surface area (Å²) in [6.07, 6.45) is 8.41. The van der Waals surface area contributed by atoms with Gasteiger partial charge in [0.15, 0.2) is 5.96 Å². The third-order valence-corrected chi connectivity index (χ3v) is 5.22. The van der Waals surface area contributed by atoms with E-state index in [0.29, 0.717) is 19.6 Å². The molecule has 1 aliphatic heterocycles. The van der Waals surface area contributed by atoms with Crippen molar-refractivity contribution in [3.63, 3.8) is 0 Å². The molecule has 1 saturated heterocycles. The van der Waals surface area contributed by atoms with Gasteiger partial charge >= 0.3 is 0 Å². The van der Waals surface area contributed by atoms with Crippen LogP contribution in [0.4, 0.5) is 5.69 Å². The lowest BCUT2D eigenvalue weighted by Crippen LogP contribution is -2.55. The molecule has 0 atom stereocenters. The Morgan fingerprint density at radius 2 is 2.13 bits per heavy atom. The number of anilines is 1. The van der Waals surface area contributed by atoms with E-state index < -0.39 is 0 Å². The van der Waals surface area contributed by atoms with Gasteiger partial charge in [-0.3, -0.25) is 14.5 Å². The van der Waals surface area contributed by atoms with Crippen LogP contribution in [-0.4, -0.2) is 68.7 Å². The lowest BCUT2D eigenvalue weighted by molar-refractivity contribution is -0.120. The van der Waals surface area contributed by atoms with Crippen molar-refractivity contribution in [1.82, 2.24) is 29.4 Å². The van der Waals surface area contributed by atoms with E-state index in [-0.39, 0.29) is 29.9 Å².